The van der Waals surface area contributed by atoms with E-state index in [-0.39, 0.29) is 0 Å². The van der Waals surface area contributed by atoms with E-state index in [0.717, 1.165) is 22.2 Å². The zero-order valence-electron chi connectivity index (χ0n) is 11.1. The Balaban J connectivity index is 2.84. The van der Waals surface area contributed by atoms with Crippen LogP contribution in [0.4, 0.5) is 0 Å². The maximum absolute atomic E-state index is 8.50. The molecule has 0 atom stereocenters. The fraction of sp³-hybridized carbons (Fsp3) is 0.500. The van der Waals surface area contributed by atoms with Gasteiger partial charge in [-0.05, 0) is 59.9 Å². The molecule has 4 nitrogen and oxygen atoms in total. The smallest absolute Gasteiger partial charge is 0.175 e. The van der Waals surface area contributed by atoms with Gasteiger partial charge in [0.15, 0.2) is 11.5 Å². The first-order valence-electron chi connectivity index (χ1n) is 6.38. The van der Waals surface area contributed by atoms with Gasteiger partial charge in [-0.3, -0.25) is 0 Å². The molecule has 104 valence electrons. The second-order valence-electron chi connectivity index (χ2n) is 3.99. The van der Waals surface area contributed by atoms with Crippen molar-refractivity contribution in [2.45, 2.75) is 26.2 Å². The molecular weight excluding hydrogens is 308 g/mol. The van der Waals surface area contributed by atoms with Gasteiger partial charge in [0.1, 0.15) is 0 Å². The van der Waals surface area contributed by atoms with Gasteiger partial charge in [0.2, 0.25) is 0 Å². The number of halogens is 1. The van der Waals surface area contributed by atoms with Crippen molar-refractivity contribution in [2.24, 2.45) is 5.73 Å². The Morgan fingerprint density at radius 2 is 2.16 bits per heavy atom. The van der Waals surface area contributed by atoms with E-state index in [4.69, 9.17) is 20.5 Å². The van der Waals surface area contributed by atoms with Gasteiger partial charge < -0.3 is 15.2 Å². The van der Waals surface area contributed by atoms with Crippen LogP contribution in [-0.4, -0.2) is 19.8 Å². The fourth-order valence-electron chi connectivity index (χ4n) is 1.66. The molecule has 0 unspecified atom stereocenters. The van der Waals surface area contributed by atoms with E-state index in [1.165, 1.54) is 0 Å². The summed E-state index contributed by atoms with van der Waals surface area (Å²) in [7, 11) is 0. The van der Waals surface area contributed by atoms with Gasteiger partial charge in [-0.1, -0.05) is 0 Å². The number of unbranched alkanes of at least 4 members (excludes halogenated alkanes) is 1. The molecule has 0 heterocycles. The van der Waals surface area contributed by atoms with E-state index in [9.17, 15) is 0 Å². The van der Waals surface area contributed by atoms with Crippen molar-refractivity contribution in [1.29, 1.82) is 5.26 Å². The number of benzene rings is 1. The Morgan fingerprint density at radius 1 is 1.37 bits per heavy atom. The molecule has 0 aliphatic carbocycles. The van der Waals surface area contributed by atoms with Crippen molar-refractivity contribution < 1.29 is 9.47 Å². The summed E-state index contributed by atoms with van der Waals surface area (Å²) < 4.78 is 12.2. The molecule has 0 amide bonds. The minimum Gasteiger partial charge on any atom is -0.490 e. The molecule has 0 fully saturated rings. The van der Waals surface area contributed by atoms with Crippen LogP contribution in [-0.2, 0) is 6.42 Å². The molecule has 5 heteroatoms. The third kappa shape index (κ3) is 5.09. The molecule has 0 spiro atoms. The van der Waals surface area contributed by atoms with Crippen LogP contribution in [0.5, 0.6) is 11.5 Å². The molecule has 0 saturated heterocycles. The molecule has 0 saturated carbocycles. The normalized spacial score (nSPS) is 10.0. The summed E-state index contributed by atoms with van der Waals surface area (Å²) in [4.78, 5) is 0. The highest BCUT2D eigenvalue weighted by Crippen LogP contribution is 2.37. The minimum atomic E-state index is 0.493. The van der Waals surface area contributed by atoms with Crippen LogP contribution in [0.15, 0.2) is 16.6 Å². The minimum absolute atomic E-state index is 0.493. The third-order valence-electron chi connectivity index (χ3n) is 2.48. The zero-order valence-corrected chi connectivity index (χ0v) is 12.7. The van der Waals surface area contributed by atoms with E-state index in [0.29, 0.717) is 38.3 Å². The van der Waals surface area contributed by atoms with Crippen LogP contribution in [0.2, 0.25) is 0 Å². The highest BCUT2D eigenvalue weighted by molar-refractivity contribution is 9.10. The van der Waals surface area contributed by atoms with Crippen molar-refractivity contribution in [3.8, 4) is 17.6 Å². The number of nitriles is 1. The van der Waals surface area contributed by atoms with Gasteiger partial charge in [-0.25, -0.2) is 0 Å². The Kier molecular flexibility index (Phi) is 7.31. The lowest BCUT2D eigenvalue weighted by Gasteiger charge is -2.15. The largest absolute Gasteiger partial charge is 0.490 e. The summed E-state index contributed by atoms with van der Waals surface area (Å²) >= 11 is 3.50. The predicted molar refractivity (Wildman–Crippen MR) is 78.4 cm³/mol. The Hall–Kier alpha value is -1.25. The summed E-state index contributed by atoms with van der Waals surface area (Å²) in [6, 6.07) is 6.05. The monoisotopic (exact) mass is 326 g/mol. The number of hydrogen-bond acceptors (Lipinski definition) is 4. The van der Waals surface area contributed by atoms with E-state index in [1.807, 2.05) is 19.1 Å². The van der Waals surface area contributed by atoms with Crippen molar-refractivity contribution in [3.05, 3.63) is 22.2 Å². The van der Waals surface area contributed by atoms with Gasteiger partial charge in [0.05, 0.1) is 23.8 Å². The van der Waals surface area contributed by atoms with Crippen molar-refractivity contribution in [3.63, 3.8) is 0 Å². The molecule has 0 bridgehead atoms. The fourth-order valence-corrected chi connectivity index (χ4v) is 2.26. The van der Waals surface area contributed by atoms with E-state index < -0.39 is 0 Å². The highest BCUT2D eigenvalue weighted by Gasteiger charge is 2.12. The summed E-state index contributed by atoms with van der Waals surface area (Å²) in [6.45, 7) is 3.61. The first-order chi connectivity index (χ1) is 9.22. The topological polar surface area (TPSA) is 68.3 Å². The molecule has 1 aromatic carbocycles. The zero-order chi connectivity index (χ0) is 14.1. The van der Waals surface area contributed by atoms with Crippen LogP contribution in [0.3, 0.4) is 0 Å². The number of ether oxygens (including phenoxy) is 2. The van der Waals surface area contributed by atoms with Crippen molar-refractivity contribution in [2.75, 3.05) is 19.8 Å². The number of rotatable bonds is 8. The summed E-state index contributed by atoms with van der Waals surface area (Å²) in [5.74, 6) is 1.41. The van der Waals surface area contributed by atoms with Crippen molar-refractivity contribution in [1.82, 2.24) is 0 Å². The van der Waals surface area contributed by atoms with Crippen molar-refractivity contribution >= 4 is 15.9 Å². The van der Waals surface area contributed by atoms with Gasteiger partial charge in [-0.15, -0.1) is 0 Å². The highest BCUT2D eigenvalue weighted by atomic mass is 79.9. The predicted octanol–water partition coefficient (Wildman–Crippen LogP) is 3.03. The first kappa shape index (κ1) is 15.8. The van der Waals surface area contributed by atoms with E-state index >= 15 is 0 Å². The van der Waals surface area contributed by atoms with Crippen LogP contribution >= 0.6 is 15.9 Å². The maximum atomic E-state index is 8.50. The Labute approximate surface area is 122 Å². The third-order valence-corrected chi connectivity index (χ3v) is 3.07. The van der Waals surface area contributed by atoms with Gasteiger partial charge in [-0.2, -0.15) is 5.26 Å². The SMILES string of the molecule is CCOc1cc(CCN)cc(Br)c1OCCCC#N. The molecule has 0 aliphatic rings. The standard InChI is InChI=1S/C14H19BrN2O2/c1-2-18-13-10-11(5-7-17)9-12(15)14(13)19-8-4-3-6-16/h9-10H,2-5,7-8,17H2,1H3. The average molecular weight is 327 g/mol. The van der Waals surface area contributed by atoms with Gasteiger partial charge in [0, 0.05) is 6.42 Å². The quantitative estimate of drug-likeness (QED) is 0.745. The molecule has 1 aromatic rings. The molecule has 2 N–H and O–H groups in total. The number of nitrogens with zero attached hydrogens (tertiary/aromatic N) is 1. The second kappa shape index (κ2) is 8.78. The molecule has 0 radical (unpaired) electrons. The second-order valence-corrected chi connectivity index (χ2v) is 4.84. The molecule has 0 aromatic heterocycles. The Morgan fingerprint density at radius 3 is 2.79 bits per heavy atom. The molecule has 1 rings (SSSR count). The first-order valence-corrected chi connectivity index (χ1v) is 7.17. The Bertz CT molecular complexity index is 444. The summed E-state index contributed by atoms with van der Waals surface area (Å²) in [5, 5.41) is 8.50. The van der Waals surface area contributed by atoms with Crippen LogP contribution in [0.25, 0.3) is 0 Å². The van der Waals surface area contributed by atoms with Crippen LogP contribution in [0, 0.1) is 11.3 Å². The summed E-state index contributed by atoms with van der Waals surface area (Å²) in [6.07, 6.45) is 2.00. The van der Waals surface area contributed by atoms with Gasteiger partial charge >= 0.3 is 0 Å². The molecular formula is C14H19BrN2O2. The summed E-state index contributed by atoms with van der Waals surface area (Å²) in [5.41, 5.74) is 6.68. The number of nitrogens with two attached hydrogens (primary N) is 1. The lowest BCUT2D eigenvalue weighted by atomic mass is 10.1. The lowest BCUT2D eigenvalue weighted by Crippen LogP contribution is -2.05. The molecule has 19 heavy (non-hydrogen) atoms. The van der Waals surface area contributed by atoms with Gasteiger partial charge in [0.25, 0.3) is 0 Å². The van der Waals surface area contributed by atoms with E-state index in [1.54, 1.807) is 0 Å². The average Bonchev–Trinajstić information content (AvgIpc) is 2.38. The maximum Gasteiger partial charge on any atom is 0.175 e. The number of hydrogen-bond donors (Lipinski definition) is 1. The van der Waals surface area contributed by atoms with E-state index in [2.05, 4.69) is 22.0 Å². The van der Waals surface area contributed by atoms with Crippen LogP contribution in [0.1, 0.15) is 25.3 Å². The molecule has 0 aliphatic heterocycles. The lowest BCUT2D eigenvalue weighted by molar-refractivity contribution is 0.272. The van der Waals surface area contributed by atoms with Crippen LogP contribution < -0.4 is 15.2 Å².